The zero-order chi connectivity index (χ0) is 19.4. The number of carbonyl (C=O) groups excluding carboxylic acids is 2. The number of ether oxygens (including phenoxy) is 2. The van der Waals surface area contributed by atoms with Crippen LogP contribution in [0.3, 0.4) is 0 Å². The fourth-order valence-electron chi connectivity index (χ4n) is 3.05. The summed E-state index contributed by atoms with van der Waals surface area (Å²) in [5.41, 5.74) is 3.48. The van der Waals surface area contributed by atoms with Crippen molar-refractivity contribution in [3.05, 3.63) is 53.6 Å². The predicted molar refractivity (Wildman–Crippen MR) is 105 cm³/mol. The Morgan fingerprint density at radius 2 is 1.85 bits per heavy atom. The van der Waals surface area contributed by atoms with E-state index in [1.807, 2.05) is 18.2 Å². The molecule has 0 unspecified atom stereocenters. The number of nitrogens with one attached hydrogen (secondary N) is 1. The van der Waals surface area contributed by atoms with Gasteiger partial charge in [0.05, 0.1) is 14.2 Å². The lowest BCUT2D eigenvalue weighted by molar-refractivity contribution is -0.118. The van der Waals surface area contributed by atoms with Crippen LogP contribution >= 0.6 is 0 Å². The van der Waals surface area contributed by atoms with Gasteiger partial charge in [-0.25, -0.2) is 0 Å². The fraction of sp³-hybridized carbons (Fsp3) is 0.238. The van der Waals surface area contributed by atoms with Crippen molar-refractivity contribution in [2.24, 2.45) is 0 Å². The summed E-state index contributed by atoms with van der Waals surface area (Å²) in [4.78, 5) is 25.6. The van der Waals surface area contributed by atoms with E-state index >= 15 is 0 Å². The van der Waals surface area contributed by atoms with Crippen LogP contribution in [0.25, 0.3) is 6.08 Å². The molecule has 27 heavy (non-hydrogen) atoms. The number of carbonyl (C=O) groups is 2. The molecule has 0 radical (unpaired) electrons. The number of anilines is 2. The van der Waals surface area contributed by atoms with Gasteiger partial charge in [-0.1, -0.05) is 6.07 Å². The Balaban J connectivity index is 1.69. The standard InChI is InChI=1S/C21H22N2O4/c1-23-17-8-7-16(13-15(17)6-11-21(23)25)22-20(24)10-5-14-4-9-18(26-2)19(12-14)27-3/h4-5,7-10,12-13H,6,11H2,1-3H3,(H,22,24)/b10-5+. The van der Waals surface area contributed by atoms with Crippen molar-refractivity contribution in [1.29, 1.82) is 0 Å². The third kappa shape index (κ3) is 4.11. The van der Waals surface area contributed by atoms with Crippen molar-refractivity contribution in [2.45, 2.75) is 12.8 Å². The molecule has 1 aliphatic rings. The summed E-state index contributed by atoms with van der Waals surface area (Å²) in [6.45, 7) is 0. The first-order chi connectivity index (χ1) is 13.0. The van der Waals surface area contributed by atoms with Crippen LogP contribution in [0.2, 0.25) is 0 Å². The first kappa shape index (κ1) is 18.5. The zero-order valence-corrected chi connectivity index (χ0v) is 15.6. The van der Waals surface area contributed by atoms with Gasteiger partial charge in [-0.2, -0.15) is 0 Å². The van der Waals surface area contributed by atoms with Gasteiger partial charge in [-0.05, 0) is 54.0 Å². The molecule has 2 aromatic carbocycles. The van der Waals surface area contributed by atoms with Crippen molar-refractivity contribution in [3.63, 3.8) is 0 Å². The van der Waals surface area contributed by atoms with Crippen LogP contribution in [-0.2, 0) is 16.0 Å². The molecule has 2 amide bonds. The van der Waals surface area contributed by atoms with E-state index in [4.69, 9.17) is 9.47 Å². The summed E-state index contributed by atoms with van der Waals surface area (Å²) >= 11 is 0. The lowest BCUT2D eigenvalue weighted by Crippen LogP contribution is -2.31. The minimum Gasteiger partial charge on any atom is -0.493 e. The monoisotopic (exact) mass is 366 g/mol. The highest BCUT2D eigenvalue weighted by Crippen LogP contribution is 2.30. The van der Waals surface area contributed by atoms with Gasteiger partial charge in [-0.15, -0.1) is 0 Å². The number of nitrogens with zero attached hydrogens (tertiary/aromatic N) is 1. The maximum absolute atomic E-state index is 12.2. The van der Waals surface area contributed by atoms with Crippen LogP contribution in [0.4, 0.5) is 11.4 Å². The molecule has 1 aliphatic heterocycles. The maximum Gasteiger partial charge on any atom is 0.248 e. The molecule has 1 N–H and O–H groups in total. The van der Waals surface area contributed by atoms with Gasteiger partial charge in [0.15, 0.2) is 11.5 Å². The molecule has 2 aromatic rings. The molecule has 0 bridgehead atoms. The number of rotatable bonds is 5. The van der Waals surface area contributed by atoms with E-state index < -0.39 is 0 Å². The van der Waals surface area contributed by atoms with Crippen molar-refractivity contribution in [2.75, 3.05) is 31.5 Å². The Morgan fingerprint density at radius 1 is 1.07 bits per heavy atom. The summed E-state index contributed by atoms with van der Waals surface area (Å²) < 4.78 is 10.5. The van der Waals surface area contributed by atoms with E-state index in [-0.39, 0.29) is 11.8 Å². The second kappa shape index (κ2) is 7.95. The zero-order valence-electron chi connectivity index (χ0n) is 15.6. The lowest BCUT2D eigenvalue weighted by Gasteiger charge is -2.26. The van der Waals surface area contributed by atoms with E-state index in [2.05, 4.69) is 5.32 Å². The summed E-state index contributed by atoms with van der Waals surface area (Å²) in [6.07, 6.45) is 4.35. The number of amides is 2. The molecular formula is C21H22N2O4. The van der Waals surface area contributed by atoms with Crippen LogP contribution in [0.1, 0.15) is 17.5 Å². The lowest BCUT2D eigenvalue weighted by atomic mass is 10.0. The van der Waals surface area contributed by atoms with E-state index in [0.29, 0.717) is 30.0 Å². The van der Waals surface area contributed by atoms with Crippen molar-refractivity contribution in [1.82, 2.24) is 0 Å². The Labute approximate surface area is 158 Å². The van der Waals surface area contributed by atoms with E-state index in [1.54, 1.807) is 50.4 Å². The molecule has 1 heterocycles. The number of fused-ring (bicyclic) bond motifs is 1. The van der Waals surface area contributed by atoms with Crippen molar-refractivity contribution in [3.8, 4) is 11.5 Å². The first-order valence-corrected chi connectivity index (χ1v) is 8.62. The van der Waals surface area contributed by atoms with Gasteiger partial charge >= 0.3 is 0 Å². The van der Waals surface area contributed by atoms with Crippen LogP contribution in [0, 0.1) is 0 Å². The fourth-order valence-corrected chi connectivity index (χ4v) is 3.05. The predicted octanol–water partition coefficient (Wildman–Crippen LogP) is 3.26. The molecule has 0 spiro atoms. The van der Waals surface area contributed by atoms with E-state index in [9.17, 15) is 9.59 Å². The summed E-state index contributed by atoms with van der Waals surface area (Å²) in [6, 6.07) is 11.0. The highest BCUT2D eigenvalue weighted by atomic mass is 16.5. The number of aryl methyl sites for hydroxylation is 1. The molecule has 0 atom stereocenters. The van der Waals surface area contributed by atoms with Gasteiger partial charge in [0, 0.05) is 30.9 Å². The first-order valence-electron chi connectivity index (χ1n) is 8.62. The number of hydrogen-bond acceptors (Lipinski definition) is 4. The maximum atomic E-state index is 12.2. The van der Waals surface area contributed by atoms with Crippen molar-refractivity contribution >= 4 is 29.3 Å². The molecular weight excluding hydrogens is 344 g/mol. The second-order valence-electron chi connectivity index (χ2n) is 6.23. The van der Waals surface area contributed by atoms with Crippen LogP contribution < -0.4 is 19.7 Å². The van der Waals surface area contributed by atoms with Gasteiger partial charge in [-0.3, -0.25) is 9.59 Å². The Morgan fingerprint density at radius 3 is 2.59 bits per heavy atom. The largest absolute Gasteiger partial charge is 0.493 e. The number of methoxy groups -OCH3 is 2. The summed E-state index contributed by atoms with van der Waals surface area (Å²) in [5.74, 6) is 1.12. The SMILES string of the molecule is COc1ccc(/C=C/C(=O)Nc2ccc3c(c2)CCC(=O)N3C)cc1OC. The van der Waals surface area contributed by atoms with E-state index in [1.165, 1.54) is 6.08 Å². The molecule has 3 rings (SSSR count). The molecule has 0 saturated carbocycles. The molecule has 140 valence electrons. The normalized spacial score (nSPS) is 13.4. The quantitative estimate of drug-likeness (QED) is 0.825. The average Bonchev–Trinajstić information content (AvgIpc) is 2.69. The minimum absolute atomic E-state index is 0.108. The minimum atomic E-state index is -0.232. The third-order valence-corrected chi connectivity index (χ3v) is 4.53. The highest BCUT2D eigenvalue weighted by Gasteiger charge is 2.20. The Bertz CT molecular complexity index is 905. The third-order valence-electron chi connectivity index (χ3n) is 4.53. The van der Waals surface area contributed by atoms with Crippen LogP contribution in [-0.4, -0.2) is 33.1 Å². The van der Waals surface area contributed by atoms with Gasteiger partial charge in [0.2, 0.25) is 11.8 Å². The second-order valence-corrected chi connectivity index (χ2v) is 6.23. The van der Waals surface area contributed by atoms with Crippen LogP contribution in [0.15, 0.2) is 42.5 Å². The number of hydrogen-bond donors (Lipinski definition) is 1. The van der Waals surface area contributed by atoms with Crippen molar-refractivity contribution < 1.29 is 19.1 Å². The van der Waals surface area contributed by atoms with Gasteiger partial charge < -0.3 is 19.7 Å². The summed E-state index contributed by atoms with van der Waals surface area (Å²) in [7, 11) is 4.91. The molecule has 0 fully saturated rings. The number of benzene rings is 2. The topological polar surface area (TPSA) is 67.9 Å². The average molecular weight is 366 g/mol. The molecule has 6 nitrogen and oxygen atoms in total. The molecule has 0 saturated heterocycles. The molecule has 0 aliphatic carbocycles. The van der Waals surface area contributed by atoms with Gasteiger partial charge in [0.1, 0.15) is 0 Å². The molecule has 6 heteroatoms. The Kier molecular flexibility index (Phi) is 5.45. The van der Waals surface area contributed by atoms with E-state index in [0.717, 1.165) is 16.8 Å². The van der Waals surface area contributed by atoms with Gasteiger partial charge in [0.25, 0.3) is 0 Å². The highest BCUT2D eigenvalue weighted by molar-refractivity contribution is 6.02. The molecule has 0 aromatic heterocycles. The smallest absolute Gasteiger partial charge is 0.248 e. The Hall–Kier alpha value is -3.28. The van der Waals surface area contributed by atoms with Crippen LogP contribution in [0.5, 0.6) is 11.5 Å². The summed E-state index contributed by atoms with van der Waals surface area (Å²) in [5, 5.41) is 2.85.